The van der Waals surface area contributed by atoms with Crippen molar-refractivity contribution in [2.75, 3.05) is 12.3 Å². The van der Waals surface area contributed by atoms with E-state index in [1.807, 2.05) is 24.3 Å². The Balaban J connectivity index is 1.34. The Morgan fingerprint density at radius 3 is 3.12 bits per heavy atom. The summed E-state index contributed by atoms with van der Waals surface area (Å²) in [5.74, 6) is 0.391. The molecule has 1 aromatic carbocycles. The third-order valence-corrected chi connectivity index (χ3v) is 6.86. The summed E-state index contributed by atoms with van der Waals surface area (Å²) >= 11 is 9.25. The van der Waals surface area contributed by atoms with E-state index < -0.39 is 0 Å². The van der Waals surface area contributed by atoms with E-state index in [1.54, 1.807) is 17.7 Å². The molecule has 0 spiro atoms. The van der Waals surface area contributed by atoms with Gasteiger partial charge in [0.05, 0.1) is 5.75 Å². The fraction of sp³-hybridized carbons (Fsp3) is 0.316. The Morgan fingerprint density at radius 2 is 2.23 bits per heavy atom. The second-order valence-electron chi connectivity index (χ2n) is 6.23. The van der Waals surface area contributed by atoms with Gasteiger partial charge in [-0.1, -0.05) is 35.5 Å². The fourth-order valence-electron chi connectivity index (χ4n) is 3.23. The number of thiophene rings is 1. The number of carbonyl (C=O) groups excluding carboxylic acids is 1. The quantitative estimate of drug-likeness (QED) is 0.493. The average Bonchev–Trinajstić information content (AvgIpc) is 3.21. The van der Waals surface area contributed by atoms with Gasteiger partial charge in [-0.15, -0.1) is 11.3 Å². The summed E-state index contributed by atoms with van der Waals surface area (Å²) in [4.78, 5) is 23.5. The zero-order valence-electron chi connectivity index (χ0n) is 14.1. The van der Waals surface area contributed by atoms with E-state index in [0.717, 1.165) is 39.7 Å². The summed E-state index contributed by atoms with van der Waals surface area (Å²) in [5, 5.41) is 5.79. The van der Waals surface area contributed by atoms with Crippen LogP contribution >= 0.6 is 34.7 Å². The molecule has 0 unspecified atom stereocenters. The fourth-order valence-corrected chi connectivity index (χ4v) is 5.59. The molecule has 2 aromatic heterocycles. The maximum atomic E-state index is 12.2. The summed E-state index contributed by atoms with van der Waals surface area (Å²) in [5.41, 5.74) is 2.52. The molecular formula is C19H18ClN3OS2. The number of amides is 1. The van der Waals surface area contributed by atoms with Gasteiger partial charge < -0.3 is 5.32 Å². The highest BCUT2D eigenvalue weighted by molar-refractivity contribution is 8.00. The topological polar surface area (TPSA) is 54.9 Å². The number of halogens is 1. The van der Waals surface area contributed by atoms with Crippen molar-refractivity contribution in [1.82, 2.24) is 15.3 Å². The number of nitrogens with one attached hydrogen (secondary N) is 1. The van der Waals surface area contributed by atoms with Crippen molar-refractivity contribution in [3.05, 3.63) is 51.6 Å². The van der Waals surface area contributed by atoms with Crippen LogP contribution in [0.1, 0.15) is 22.4 Å². The molecule has 1 N–H and O–H groups in total. The predicted molar refractivity (Wildman–Crippen MR) is 108 cm³/mol. The second-order valence-corrected chi connectivity index (χ2v) is 8.72. The first-order valence-electron chi connectivity index (χ1n) is 8.60. The van der Waals surface area contributed by atoms with Gasteiger partial charge in [-0.05, 0) is 48.9 Å². The molecule has 26 heavy (non-hydrogen) atoms. The zero-order chi connectivity index (χ0) is 17.9. The van der Waals surface area contributed by atoms with Crippen molar-refractivity contribution in [3.63, 3.8) is 0 Å². The number of benzene rings is 1. The first kappa shape index (κ1) is 17.8. The zero-order valence-corrected chi connectivity index (χ0v) is 16.5. The van der Waals surface area contributed by atoms with Crippen LogP contribution in [0.25, 0.3) is 10.2 Å². The van der Waals surface area contributed by atoms with E-state index in [4.69, 9.17) is 11.6 Å². The second kappa shape index (κ2) is 7.94. The van der Waals surface area contributed by atoms with Gasteiger partial charge in [0.25, 0.3) is 0 Å². The highest BCUT2D eigenvalue weighted by Crippen LogP contribution is 2.39. The van der Waals surface area contributed by atoms with Crippen molar-refractivity contribution >= 4 is 50.8 Å². The summed E-state index contributed by atoms with van der Waals surface area (Å²) < 4.78 is 0. The average molecular weight is 404 g/mol. The van der Waals surface area contributed by atoms with Gasteiger partial charge >= 0.3 is 0 Å². The van der Waals surface area contributed by atoms with Crippen LogP contribution in [0, 0.1) is 0 Å². The smallest absolute Gasteiger partial charge is 0.230 e. The van der Waals surface area contributed by atoms with Gasteiger partial charge in [0.1, 0.15) is 16.2 Å². The van der Waals surface area contributed by atoms with E-state index >= 15 is 0 Å². The Labute approximate surface area is 165 Å². The number of aryl methyl sites for hydroxylation is 2. The summed E-state index contributed by atoms with van der Waals surface area (Å²) in [6, 6.07) is 7.72. The van der Waals surface area contributed by atoms with E-state index in [1.165, 1.54) is 34.0 Å². The van der Waals surface area contributed by atoms with Crippen LogP contribution in [-0.2, 0) is 24.1 Å². The Morgan fingerprint density at radius 1 is 1.31 bits per heavy atom. The van der Waals surface area contributed by atoms with Crippen LogP contribution < -0.4 is 5.32 Å². The number of rotatable bonds is 6. The highest BCUT2D eigenvalue weighted by Gasteiger charge is 2.21. The number of nitrogens with zero attached hydrogens (tertiary/aromatic N) is 2. The van der Waals surface area contributed by atoms with E-state index in [9.17, 15) is 4.79 Å². The normalized spacial score (nSPS) is 13.1. The van der Waals surface area contributed by atoms with Crippen molar-refractivity contribution in [3.8, 4) is 0 Å². The summed E-state index contributed by atoms with van der Waals surface area (Å²) in [6.07, 6.45) is 5.83. The van der Waals surface area contributed by atoms with Crippen LogP contribution in [0.2, 0.25) is 5.02 Å². The van der Waals surface area contributed by atoms with Crippen molar-refractivity contribution < 1.29 is 4.79 Å². The minimum Gasteiger partial charge on any atom is -0.355 e. The van der Waals surface area contributed by atoms with Gasteiger partial charge in [-0.2, -0.15) is 0 Å². The number of hydrogen-bond donors (Lipinski definition) is 1. The van der Waals surface area contributed by atoms with Crippen molar-refractivity contribution in [2.24, 2.45) is 0 Å². The number of fused-ring (bicyclic) bond motifs is 3. The lowest BCUT2D eigenvalue weighted by Gasteiger charge is -2.06. The molecule has 4 rings (SSSR count). The lowest BCUT2D eigenvalue weighted by atomic mass is 10.1. The molecule has 7 heteroatoms. The maximum Gasteiger partial charge on any atom is 0.230 e. The largest absolute Gasteiger partial charge is 0.355 e. The minimum absolute atomic E-state index is 0.0238. The van der Waals surface area contributed by atoms with Gasteiger partial charge in [0, 0.05) is 21.8 Å². The van der Waals surface area contributed by atoms with E-state index in [0.29, 0.717) is 12.3 Å². The van der Waals surface area contributed by atoms with Crippen LogP contribution in [0.5, 0.6) is 0 Å². The molecule has 0 bridgehead atoms. The Hall–Kier alpha value is -1.63. The van der Waals surface area contributed by atoms with Gasteiger partial charge in [-0.25, -0.2) is 9.97 Å². The molecule has 3 aromatic rings. The van der Waals surface area contributed by atoms with Crippen LogP contribution in [0.4, 0.5) is 0 Å². The number of hydrogen-bond acceptors (Lipinski definition) is 5. The molecule has 1 amide bonds. The Bertz CT molecular complexity index is 957. The van der Waals surface area contributed by atoms with Crippen molar-refractivity contribution in [2.45, 2.75) is 30.7 Å². The van der Waals surface area contributed by atoms with Crippen LogP contribution in [0.3, 0.4) is 0 Å². The standard InChI is InChI=1S/C19H18ClN3OS2/c20-13-4-1-3-12(9-13)7-8-21-16(24)10-25-18-17-14-5-2-6-15(14)26-19(17)23-11-22-18/h1,3-4,9,11H,2,5-8,10H2,(H,21,24). The monoisotopic (exact) mass is 403 g/mol. The lowest BCUT2D eigenvalue weighted by Crippen LogP contribution is -2.27. The third kappa shape index (κ3) is 3.87. The molecule has 2 heterocycles. The molecule has 0 saturated heterocycles. The summed E-state index contributed by atoms with van der Waals surface area (Å²) in [7, 11) is 0. The minimum atomic E-state index is 0.0238. The van der Waals surface area contributed by atoms with Gasteiger partial charge in [0.2, 0.25) is 5.91 Å². The first-order valence-corrected chi connectivity index (χ1v) is 10.8. The molecule has 0 aliphatic heterocycles. The van der Waals surface area contributed by atoms with Crippen molar-refractivity contribution in [1.29, 1.82) is 0 Å². The molecule has 4 nitrogen and oxygen atoms in total. The molecular weight excluding hydrogens is 386 g/mol. The maximum absolute atomic E-state index is 12.2. The first-order chi connectivity index (χ1) is 12.7. The molecule has 1 aliphatic carbocycles. The predicted octanol–water partition coefficient (Wildman–Crippen LogP) is 4.28. The van der Waals surface area contributed by atoms with Gasteiger partial charge in [-0.3, -0.25) is 4.79 Å². The van der Waals surface area contributed by atoms with Gasteiger partial charge in [0.15, 0.2) is 0 Å². The molecule has 0 radical (unpaired) electrons. The molecule has 0 fully saturated rings. The highest BCUT2D eigenvalue weighted by atomic mass is 35.5. The van der Waals surface area contributed by atoms with Crippen LogP contribution in [0.15, 0.2) is 35.6 Å². The molecule has 1 aliphatic rings. The number of aromatic nitrogens is 2. The molecule has 0 atom stereocenters. The number of carbonyl (C=O) groups is 1. The lowest BCUT2D eigenvalue weighted by molar-refractivity contribution is -0.118. The molecule has 0 saturated carbocycles. The van der Waals surface area contributed by atoms with E-state index in [2.05, 4.69) is 15.3 Å². The van der Waals surface area contributed by atoms with E-state index in [-0.39, 0.29) is 5.91 Å². The molecule has 134 valence electrons. The SMILES string of the molecule is O=C(CSc1ncnc2sc3c(c12)CCC3)NCCc1cccc(Cl)c1. The third-order valence-electron chi connectivity index (χ3n) is 4.43. The number of thioether (sulfide) groups is 1. The Kier molecular flexibility index (Phi) is 5.43. The summed E-state index contributed by atoms with van der Waals surface area (Å²) in [6.45, 7) is 0.604. The van der Waals surface area contributed by atoms with Crippen LogP contribution in [-0.4, -0.2) is 28.2 Å².